The predicted molar refractivity (Wildman–Crippen MR) is 67.5 cm³/mol. The fourth-order valence-electron chi connectivity index (χ4n) is 1.78. The van der Waals surface area contributed by atoms with Gasteiger partial charge in [0.25, 0.3) is 0 Å². The third kappa shape index (κ3) is 4.10. The molecule has 0 heterocycles. The summed E-state index contributed by atoms with van der Waals surface area (Å²) >= 11 is 0. The number of nitrogens with zero attached hydrogens (tertiary/aromatic N) is 1. The lowest BCUT2D eigenvalue weighted by Gasteiger charge is -2.22. The molecule has 0 aliphatic heterocycles. The van der Waals surface area contributed by atoms with Crippen LogP contribution in [0.4, 0.5) is 24.5 Å². The summed E-state index contributed by atoms with van der Waals surface area (Å²) in [6.07, 6.45) is -4.41. The Balaban J connectivity index is 2.95. The molecule has 1 rings (SSSR count). The maximum Gasteiger partial charge on any atom is 0.418 e. The molecule has 3 N–H and O–H groups in total. The topological polar surface area (TPSA) is 41.3 Å². The van der Waals surface area contributed by atoms with E-state index < -0.39 is 11.7 Å². The zero-order valence-electron chi connectivity index (χ0n) is 10.7. The van der Waals surface area contributed by atoms with Crippen molar-refractivity contribution in [3.05, 3.63) is 23.8 Å². The molecule has 0 fully saturated rings. The number of anilines is 2. The van der Waals surface area contributed by atoms with Gasteiger partial charge in [-0.1, -0.05) is 0 Å². The summed E-state index contributed by atoms with van der Waals surface area (Å²) in [5.74, 6) is 0. The van der Waals surface area contributed by atoms with Gasteiger partial charge in [0.15, 0.2) is 0 Å². The summed E-state index contributed by atoms with van der Waals surface area (Å²) in [5, 5.41) is 2.86. The van der Waals surface area contributed by atoms with Crippen LogP contribution in [0.2, 0.25) is 0 Å². The largest absolute Gasteiger partial charge is 0.418 e. The Morgan fingerprint density at radius 3 is 2.44 bits per heavy atom. The summed E-state index contributed by atoms with van der Waals surface area (Å²) in [7, 11) is 3.73. The van der Waals surface area contributed by atoms with Crippen LogP contribution in [0.15, 0.2) is 18.2 Å². The van der Waals surface area contributed by atoms with E-state index in [2.05, 4.69) is 5.32 Å². The normalized spacial score (nSPS) is 13.7. The van der Waals surface area contributed by atoms with E-state index in [0.29, 0.717) is 6.54 Å². The second-order valence-corrected chi connectivity index (χ2v) is 4.61. The van der Waals surface area contributed by atoms with Crippen molar-refractivity contribution in [2.45, 2.75) is 19.1 Å². The van der Waals surface area contributed by atoms with Crippen LogP contribution in [0.5, 0.6) is 0 Å². The average molecular weight is 261 g/mol. The zero-order valence-corrected chi connectivity index (χ0v) is 10.7. The number of nitrogens with one attached hydrogen (secondary N) is 1. The fraction of sp³-hybridized carbons (Fsp3) is 0.500. The van der Waals surface area contributed by atoms with Crippen LogP contribution in [0, 0.1) is 0 Å². The molecule has 6 heteroatoms. The predicted octanol–water partition coefficient (Wildman–Crippen LogP) is 2.65. The second-order valence-electron chi connectivity index (χ2n) is 4.61. The first-order chi connectivity index (χ1) is 8.20. The molecule has 18 heavy (non-hydrogen) atoms. The van der Waals surface area contributed by atoms with Gasteiger partial charge in [0.05, 0.1) is 5.56 Å². The van der Waals surface area contributed by atoms with Gasteiger partial charge in [-0.3, -0.25) is 0 Å². The lowest BCUT2D eigenvalue weighted by atomic mass is 10.1. The van der Waals surface area contributed by atoms with Crippen LogP contribution in [-0.2, 0) is 6.18 Å². The van der Waals surface area contributed by atoms with Gasteiger partial charge in [-0.25, -0.2) is 0 Å². The van der Waals surface area contributed by atoms with Crippen molar-refractivity contribution >= 4 is 11.4 Å². The number of alkyl halides is 3. The summed E-state index contributed by atoms with van der Waals surface area (Å²) in [5.41, 5.74) is 4.84. The van der Waals surface area contributed by atoms with Crippen LogP contribution in [-0.4, -0.2) is 31.6 Å². The molecule has 1 aromatic rings. The summed E-state index contributed by atoms with van der Waals surface area (Å²) < 4.78 is 38.5. The molecule has 3 nitrogen and oxygen atoms in total. The second kappa shape index (κ2) is 5.48. The molecule has 0 amide bonds. The Morgan fingerprint density at radius 2 is 1.94 bits per heavy atom. The lowest BCUT2D eigenvalue weighted by Crippen LogP contribution is -2.30. The van der Waals surface area contributed by atoms with E-state index in [4.69, 9.17) is 5.73 Å². The van der Waals surface area contributed by atoms with Crippen molar-refractivity contribution in [1.82, 2.24) is 4.90 Å². The molecule has 0 radical (unpaired) electrons. The molecule has 1 atom stereocenters. The monoisotopic (exact) mass is 261 g/mol. The smallest absolute Gasteiger partial charge is 0.399 e. The van der Waals surface area contributed by atoms with Crippen LogP contribution in [0.1, 0.15) is 12.5 Å². The lowest BCUT2D eigenvalue weighted by molar-refractivity contribution is -0.136. The van der Waals surface area contributed by atoms with Gasteiger partial charge in [0.2, 0.25) is 0 Å². The first kappa shape index (κ1) is 14.6. The van der Waals surface area contributed by atoms with E-state index in [1.54, 1.807) is 0 Å². The molecular formula is C12H18F3N3. The van der Waals surface area contributed by atoms with E-state index in [1.165, 1.54) is 12.1 Å². The summed E-state index contributed by atoms with van der Waals surface area (Å²) in [6, 6.07) is 3.68. The van der Waals surface area contributed by atoms with Gasteiger partial charge < -0.3 is 16.0 Å². The molecule has 0 aliphatic rings. The molecular weight excluding hydrogens is 243 g/mol. The number of hydrogen-bond donors (Lipinski definition) is 2. The van der Waals surface area contributed by atoms with Gasteiger partial charge in [-0.15, -0.1) is 0 Å². The minimum Gasteiger partial charge on any atom is -0.399 e. The Kier molecular flexibility index (Phi) is 4.45. The molecule has 0 saturated carbocycles. The van der Waals surface area contributed by atoms with Crippen LogP contribution >= 0.6 is 0 Å². The van der Waals surface area contributed by atoms with Gasteiger partial charge in [-0.2, -0.15) is 13.2 Å². The van der Waals surface area contributed by atoms with Crippen LogP contribution < -0.4 is 11.1 Å². The van der Waals surface area contributed by atoms with E-state index in [0.717, 1.165) is 6.07 Å². The number of nitrogen functional groups attached to an aromatic ring is 1. The van der Waals surface area contributed by atoms with Crippen molar-refractivity contribution in [3.8, 4) is 0 Å². The molecule has 1 unspecified atom stereocenters. The van der Waals surface area contributed by atoms with E-state index in [-0.39, 0.29) is 17.4 Å². The van der Waals surface area contributed by atoms with E-state index in [9.17, 15) is 13.2 Å². The molecule has 102 valence electrons. The quantitative estimate of drug-likeness (QED) is 0.819. The van der Waals surface area contributed by atoms with Crippen molar-refractivity contribution in [2.75, 3.05) is 31.7 Å². The summed E-state index contributed by atoms with van der Waals surface area (Å²) in [6.45, 7) is 2.47. The Morgan fingerprint density at radius 1 is 1.33 bits per heavy atom. The number of halogens is 3. The number of benzene rings is 1. The minimum atomic E-state index is -4.41. The number of rotatable bonds is 4. The molecule has 0 aromatic heterocycles. The van der Waals surface area contributed by atoms with Crippen molar-refractivity contribution in [3.63, 3.8) is 0 Å². The van der Waals surface area contributed by atoms with Gasteiger partial charge in [0.1, 0.15) is 0 Å². The zero-order chi connectivity index (χ0) is 13.9. The Hall–Kier alpha value is -1.43. The number of nitrogens with two attached hydrogens (primary N) is 1. The molecule has 0 aliphatic carbocycles. The molecule has 0 bridgehead atoms. The van der Waals surface area contributed by atoms with E-state index >= 15 is 0 Å². The maximum absolute atomic E-state index is 12.8. The molecule has 1 aromatic carbocycles. The average Bonchev–Trinajstić information content (AvgIpc) is 2.17. The maximum atomic E-state index is 12.8. The highest BCUT2D eigenvalue weighted by atomic mass is 19.4. The van der Waals surface area contributed by atoms with Gasteiger partial charge in [-0.05, 0) is 39.2 Å². The molecule has 0 saturated heterocycles. The van der Waals surface area contributed by atoms with Crippen molar-refractivity contribution < 1.29 is 13.2 Å². The number of likely N-dealkylation sites (N-methyl/N-ethyl adjacent to an activating group) is 1. The van der Waals surface area contributed by atoms with Gasteiger partial charge >= 0.3 is 6.18 Å². The first-order valence-corrected chi connectivity index (χ1v) is 5.58. The van der Waals surface area contributed by atoms with Crippen LogP contribution in [0.25, 0.3) is 0 Å². The van der Waals surface area contributed by atoms with Crippen molar-refractivity contribution in [2.24, 2.45) is 0 Å². The Bertz CT molecular complexity index is 402. The highest BCUT2D eigenvalue weighted by molar-refractivity contribution is 5.59. The minimum absolute atomic E-state index is 0.0612. The highest BCUT2D eigenvalue weighted by Gasteiger charge is 2.33. The first-order valence-electron chi connectivity index (χ1n) is 5.58. The van der Waals surface area contributed by atoms with Crippen molar-refractivity contribution in [1.29, 1.82) is 0 Å². The third-order valence-corrected chi connectivity index (χ3v) is 2.39. The summed E-state index contributed by atoms with van der Waals surface area (Å²) in [4.78, 5) is 1.90. The standard InChI is InChI=1S/C12H18F3N3/c1-8(7-18(2)3)17-11-5-4-9(16)6-10(11)12(13,14)15/h4-6,8,17H,7,16H2,1-3H3. The molecule has 0 spiro atoms. The SMILES string of the molecule is CC(CN(C)C)Nc1ccc(N)cc1C(F)(F)F. The Labute approximate surface area is 105 Å². The number of hydrogen-bond acceptors (Lipinski definition) is 3. The third-order valence-electron chi connectivity index (χ3n) is 2.39. The highest BCUT2D eigenvalue weighted by Crippen LogP contribution is 2.36. The van der Waals surface area contributed by atoms with Crippen LogP contribution in [0.3, 0.4) is 0 Å². The fourth-order valence-corrected chi connectivity index (χ4v) is 1.78. The van der Waals surface area contributed by atoms with Gasteiger partial charge in [0, 0.05) is 24.0 Å². The van der Waals surface area contributed by atoms with E-state index in [1.807, 2.05) is 25.9 Å².